The number of halogens is 2. The number of rotatable bonds is 2. The first-order chi connectivity index (χ1) is 17.1. The van der Waals surface area contributed by atoms with Crippen molar-refractivity contribution < 1.29 is 24.3 Å². The Kier molecular flexibility index (Phi) is 4.95. The number of para-hydroxylation sites is 1. The Labute approximate surface area is 217 Å². The van der Waals surface area contributed by atoms with Crippen LogP contribution in [0.3, 0.4) is 0 Å². The standard InChI is InChI=1S/C27H22Cl2N2O5/c1-30-24(35)26(28)13-19-17(21(27(26,29)25(30)36)14-6-5-9-16(32)12-14)10-11-18-20(19)23(34)31(22(18)33)15-7-3-2-4-8-15/h2-10,12,18-21,32H,11,13H2,1H3. The molecule has 2 aliphatic heterocycles. The fourth-order valence-electron chi connectivity index (χ4n) is 6.65. The molecule has 0 spiro atoms. The van der Waals surface area contributed by atoms with E-state index in [-0.39, 0.29) is 24.0 Å². The zero-order valence-corrected chi connectivity index (χ0v) is 20.7. The molecule has 184 valence electrons. The Balaban J connectivity index is 1.53. The maximum atomic E-state index is 13.8. The van der Waals surface area contributed by atoms with Gasteiger partial charge in [-0.3, -0.25) is 29.0 Å². The lowest BCUT2D eigenvalue weighted by molar-refractivity contribution is -0.138. The molecular formula is C27H22Cl2N2O5. The Hall–Kier alpha value is -3.16. The number of anilines is 1. The van der Waals surface area contributed by atoms with Crippen molar-refractivity contribution in [2.75, 3.05) is 11.9 Å². The SMILES string of the molecule is CN1C(=O)C2(Cl)CC3C(=CCC4C(=O)N(c5ccccc5)C(=O)C43)C(c3cccc(O)c3)C2(Cl)C1=O. The lowest BCUT2D eigenvalue weighted by Crippen LogP contribution is -2.60. The van der Waals surface area contributed by atoms with Crippen molar-refractivity contribution in [2.24, 2.45) is 17.8 Å². The molecule has 4 aliphatic rings. The third kappa shape index (κ3) is 2.75. The molecule has 1 saturated carbocycles. The van der Waals surface area contributed by atoms with E-state index in [9.17, 15) is 24.3 Å². The molecule has 1 N–H and O–H groups in total. The second-order valence-corrected chi connectivity index (χ2v) is 11.2. The van der Waals surface area contributed by atoms with Crippen LogP contribution in [0.4, 0.5) is 5.69 Å². The second kappa shape index (κ2) is 7.67. The van der Waals surface area contributed by atoms with Crippen molar-refractivity contribution >= 4 is 52.5 Å². The van der Waals surface area contributed by atoms with Crippen molar-refractivity contribution in [3.05, 3.63) is 71.8 Å². The van der Waals surface area contributed by atoms with Crippen LogP contribution in [0.2, 0.25) is 0 Å². The molecule has 2 aromatic carbocycles. The van der Waals surface area contributed by atoms with Crippen LogP contribution < -0.4 is 4.90 Å². The molecular weight excluding hydrogens is 503 g/mol. The normalized spacial score (nSPS) is 35.5. The van der Waals surface area contributed by atoms with E-state index in [1.54, 1.807) is 42.5 Å². The maximum absolute atomic E-state index is 13.8. The van der Waals surface area contributed by atoms with Crippen LogP contribution in [0.1, 0.15) is 24.3 Å². The molecule has 0 aromatic heterocycles. The topological polar surface area (TPSA) is 95.0 Å². The summed E-state index contributed by atoms with van der Waals surface area (Å²) in [7, 11) is 1.35. The number of allylic oxidation sites excluding steroid dienone is 2. The van der Waals surface area contributed by atoms with E-state index in [0.29, 0.717) is 23.2 Å². The number of nitrogens with zero attached hydrogens (tertiary/aromatic N) is 2. The summed E-state index contributed by atoms with van der Waals surface area (Å²) in [4.78, 5) is 52.5. The van der Waals surface area contributed by atoms with Crippen LogP contribution in [-0.4, -0.2) is 50.4 Å². The average molecular weight is 525 g/mol. The highest BCUT2D eigenvalue weighted by Gasteiger charge is 2.75. The minimum atomic E-state index is -1.85. The molecule has 0 radical (unpaired) electrons. The monoisotopic (exact) mass is 524 g/mol. The Morgan fingerprint density at radius 2 is 1.64 bits per heavy atom. The number of hydrogen-bond acceptors (Lipinski definition) is 5. The molecule has 2 aliphatic carbocycles. The largest absolute Gasteiger partial charge is 0.508 e. The summed E-state index contributed by atoms with van der Waals surface area (Å²) in [5.74, 6) is -4.76. The van der Waals surface area contributed by atoms with E-state index in [0.717, 1.165) is 4.90 Å². The Morgan fingerprint density at radius 3 is 2.33 bits per heavy atom. The van der Waals surface area contributed by atoms with Gasteiger partial charge in [-0.25, -0.2) is 0 Å². The minimum Gasteiger partial charge on any atom is -0.508 e. The number of carbonyl (C=O) groups excluding carboxylic acids is 4. The van der Waals surface area contributed by atoms with E-state index < -0.39 is 45.2 Å². The highest BCUT2D eigenvalue weighted by atomic mass is 35.5. The molecule has 6 rings (SSSR count). The van der Waals surface area contributed by atoms with Gasteiger partial charge in [-0.15, -0.1) is 23.2 Å². The number of likely N-dealkylation sites (tertiary alicyclic amines) is 1. The van der Waals surface area contributed by atoms with Crippen LogP contribution in [-0.2, 0) is 19.2 Å². The molecule has 9 heteroatoms. The van der Waals surface area contributed by atoms with Crippen LogP contribution in [0.25, 0.3) is 0 Å². The summed E-state index contributed by atoms with van der Waals surface area (Å²) in [6, 6.07) is 15.1. The molecule has 2 saturated heterocycles. The zero-order chi connectivity index (χ0) is 25.6. The van der Waals surface area contributed by atoms with Gasteiger partial charge >= 0.3 is 0 Å². The van der Waals surface area contributed by atoms with E-state index in [2.05, 4.69) is 0 Å². The molecule has 36 heavy (non-hydrogen) atoms. The van der Waals surface area contributed by atoms with Gasteiger partial charge in [0.05, 0.1) is 17.5 Å². The van der Waals surface area contributed by atoms with Gasteiger partial charge in [0.25, 0.3) is 11.8 Å². The molecule has 6 unspecified atom stereocenters. The van der Waals surface area contributed by atoms with Crippen LogP contribution in [0, 0.1) is 17.8 Å². The van der Waals surface area contributed by atoms with Crippen molar-refractivity contribution in [3.63, 3.8) is 0 Å². The number of benzene rings is 2. The molecule has 7 nitrogen and oxygen atoms in total. The van der Waals surface area contributed by atoms with Crippen molar-refractivity contribution in [2.45, 2.75) is 28.5 Å². The first-order valence-corrected chi connectivity index (χ1v) is 12.5. The van der Waals surface area contributed by atoms with Gasteiger partial charge < -0.3 is 5.11 Å². The summed E-state index contributed by atoms with van der Waals surface area (Å²) < 4.78 is 0. The quantitative estimate of drug-likeness (QED) is 0.368. The van der Waals surface area contributed by atoms with E-state index in [4.69, 9.17) is 23.2 Å². The fourth-order valence-corrected chi connectivity index (χ4v) is 7.67. The summed E-state index contributed by atoms with van der Waals surface area (Å²) >= 11 is 14.2. The highest BCUT2D eigenvalue weighted by molar-refractivity contribution is 6.53. The first-order valence-electron chi connectivity index (χ1n) is 11.7. The third-order valence-corrected chi connectivity index (χ3v) is 9.65. The molecule has 6 atom stereocenters. The number of amides is 4. The van der Waals surface area contributed by atoms with Gasteiger partial charge in [-0.05, 0) is 48.6 Å². The van der Waals surface area contributed by atoms with E-state index in [1.807, 2.05) is 6.08 Å². The van der Waals surface area contributed by atoms with Crippen LogP contribution in [0.15, 0.2) is 66.2 Å². The Morgan fingerprint density at radius 1 is 0.917 bits per heavy atom. The summed E-state index contributed by atoms with van der Waals surface area (Å²) in [5, 5.41) is 10.2. The number of aromatic hydroxyl groups is 1. The minimum absolute atomic E-state index is 0.0307. The molecule has 4 amide bonds. The average Bonchev–Trinajstić information content (AvgIpc) is 3.19. The van der Waals surface area contributed by atoms with E-state index >= 15 is 0 Å². The lowest BCUT2D eigenvalue weighted by atomic mass is 9.56. The smallest absolute Gasteiger partial charge is 0.253 e. The molecule has 0 bridgehead atoms. The predicted molar refractivity (Wildman–Crippen MR) is 133 cm³/mol. The summed E-state index contributed by atoms with van der Waals surface area (Å²) in [6.07, 6.45) is 2.10. The summed E-state index contributed by atoms with van der Waals surface area (Å²) in [5.41, 5.74) is 1.70. The van der Waals surface area contributed by atoms with Gasteiger partial charge in [-0.2, -0.15) is 0 Å². The predicted octanol–water partition coefficient (Wildman–Crippen LogP) is 3.59. The van der Waals surface area contributed by atoms with Crippen LogP contribution >= 0.6 is 23.2 Å². The third-order valence-electron chi connectivity index (χ3n) is 8.23. The van der Waals surface area contributed by atoms with Crippen molar-refractivity contribution in [3.8, 4) is 5.75 Å². The van der Waals surface area contributed by atoms with Crippen molar-refractivity contribution in [1.82, 2.24) is 4.90 Å². The number of imide groups is 2. The van der Waals surface area contributed by atoms with Crippen LogP contribution in [0.5, 0.6) is 5.75 Å². The Bertz CT molecular complexity index is 1380. The van der Waals surface area contributed by atoms with Gasteiger partial charge in [0.1, 0.15) is 5.75 Å². The number of fused-ring (bicyclic) bond motifs is 4. The number of carbonyl (C=O) groups is 4. The molecule has 2 heterocycles. The van der Waals surface area contributed by atoms with Gasteiger partial charge in [-0.1, -0.05) is 42.0 Å². The molecule has 2 aromatic rings. The zero-order valence-electron chi connectivity index (χ0n) is 19.2. The fraction of sp³-hybridized carbons (Fsp3) is 0.333. The number of phenolic OH excluding ortho intramolecular Hbond substituents is 1. The number of hydrogen-bond donors (Lipinski definition) is 1. The van der Waals surface area contributed by atoms with Crippen molar-refractivity contribution in [1.29, 1.82) is 0 Å². The van der Waals surface area contributed by atoms with Gasteiger partial charge in [0, 0.05) is 13.0 Å². The number of phenols is 1. The first kappa shape index (κ1) is 23.3. The lowest BCUT2D eigenvalue weighted by Gasteiger charge is -2.50. The summed E-state index contributed by atoms with van der Waals surface area (Å²) in [6.45, 7) is 0. The second-order valence-electron chi connectivity index (χ2n) is 9.94. The highest BCUT2D eigenvalue weighted by Crippen LogP contribution is 2.65. The maximum Gasteiger partial charge on any atom is 0.253 e. The van der Waals surface area contributed by atoms with E-state index in [1.165, 1.54) is 24.1 Å². The van der Waals surface area contributed by atoms with Gasteiger partial charge in [0.15, 0.2) is 9.75 Å². The van der Waals surface area contributed by atoms with Gasteiger partial charge in [0.2, 0.25) is 11.8 Å². The number of alkyl halides is 2. The molecule has 3 fully saturated rings.